The molecule has 1 aromatic carbocycles. The van der Waals surface area contributed by atoms with Crippen molar-refractivity contribution in [2.24, 2.45) is 5.92 Å². The Labute approximate surface area is 117 Å². The number of aliphatic hydroxyl groups excluding tert-OH is 1. The number of rotatable bonds is 8. The third-order valence-corrected chi connectivity index (χ3v) is 4.31. The molecule has 0 radical (unpaired) electrons. The summed E-state index contributed by atoms with van der Waals surface area (Å²) < 4.78 is 26.2. The van der Waals surface area contributed by atoms with Gasteiger partial charge in [-0.15, -0.1) is 0 Å². The van der Waals surface area contributed by atoms with E-state index in [1.54, 1.807) is 0 Å². The average molecular weight is 302 g/mol. The van der Waals surface area contributed by atoms with Crippen LogP contribution in [-0.4, -0.2) is 31.6 Å². The minimum Gasteiger partial charge on any atom is -0.396 e. The molecule has 1 atom stereocenters. The number of nitro groups is 1. The summed E-state index contributed by atoms with van der Waals surface area (Å²) >= 11 is 0. The number of non-ortho nitro benzene ring substituents is 1. The fraction of sp³-hybridized carbons (Fsp3) is 0.500. The number of hydrogen-bond donors (Lipinski definition) is 2. The lowest BCUT2D eigenvalue weighted by atomic mass is 10.1. The zero-order chi connectivity index (χ0) is 15.2. The molecular weight excluding hydrogens is 284 g/mol. The van der Waals surface area contributed by atoms with Crippen molar-refractivity contribution < 1.29 is 18.4 Å². The number of hydrogen-bond acceptors (Lipinski definition) is 5. The number of aliphatic hydroxyl groups is 1. The van der Waals surface area contributed by atoms with Gasteiger partial charge in [-0.1, -0.05) is 6.92 Å². The first-order valence-corrected chi connectivity index (χ1v) is 7.70. The maximum absolute atomic E-state index is 11.9. The van der Waals surface area contributed by atoms with Crippen LogP contribution in [0.25, 0.3) is 0 Å². The first-order chi connectivity index (χ1) is 9.36. The minimum atomic E-state index is -3.64. The van der Waals surface area contributed by atoms with Crippen LogP contribution in [0.15, 0.2) is 29.2 Å². The van der Waals surface area contributed by atoms with E-state index in [-0.39, 0.29) is 29.7 Å². The third kappa shape index (κ3) is 4.87. The molecule has 0 saturated heterocycles. The van der Waals surface area contributed by atoms with Crippen molar-refractivity contribution in [3.05, 3.63) is 34.4 Å². The normalized spacial score (nSPS) is 13.1. The van der Waals surface area contributed by atoms with Gasteiger partial charge in [0.25, 0.3) is 5.69 Å². The molecule has 0 amide bonds. The van der Waals surface area contributed by atoms with Crippen LogP contribution in [0.3, 0.4) is 0 Å². The fourth-order valence-corrected chi connectivity index (χ4v) is 2.65. The summed E-state index contributed by atoms with van der Waals surface area (Å²) in [5.41, 5.74) is -0.152. The van der Waals surface area contributed by atoms with Gasteiger partial charge in [0.05, 0.1) is 9.82 Å². The Morgan fingerprint density at radius 3 is 2.45 bits per heavy atom. The van der Waals surface area contributed by atoms with Gasteiger partial charge in [0.2, 0.25) is 10.0 Å². The van der Waals surface area contributed by atoms with Crippen molar-refractivity contribution in [2.45, 2.75) is 24.7 Å². The molecule has 1 unspecified atom stereocenters. The summed E-state index contributed by atoms with van der Waals surface area (Å²) in [5.74, 6) is 0.138. The fourth-order valence-electron chi connectivity index (χ4n) is 1.58. The summed E-state index contributed by atoms with van der Waals surface area (Å²) in [5, 5.41) is 19.3. The Morgan fingerprint density at radius 2 is 1.95 bits per heavy atom. The lowest BCUT2D eigenvalue weighted by Gasteiger charge is -2.09. The van der Waals surface area contributed by atoms with Crippen LogP contribution >= 0.6 is 0 Å². The molecule has 0 spiro atoms. The topological polar surface area (TPSA) is 110 Å². The van der Waals surface area contributed by atoms with Crippen LogP contribution < -0.4 is 4.72 Å². The molecule has 20 heavy (non-hydrogen) atoms. The average Bonchev–Trinajstić information content (AvgIpc) is 2.43. The SMILES string of the molecule is CC(CO)CCCNS(=O)(=O)c1ccc([N+](=O)[O-])cc1. The molecule has 2 N–H and O–H groups in total. The van der Waals surface area contributed by atoms with Gasteiger partial charge in [-0.3, -0.25) is 10.1 Å². The van der Waals surface area contributed by atoms with Crippen molar-refractivity contribution in [3.63, 3.8) is 0 Å². The van der Waals surface area contributed by atoms with Crippen molar-refractivity contribution in [1.29, 1.82) is 0 Å². The van der Waals surface area contributed by atoms with E-state index < -0.39 is 14.9 Å². The zero-order valence-corrected chi connectivity index (χ0v) is 12.0. The van der Waals surface area contributed by atoms with E-state index in [2.05, 4.69) is 4.72 Å². The van der Waals surface area contributed by atoms with Crippen LogP contribution in [0.1, 0.15) is 19.8 Å². The van der Waals surface area contributed by atoms with Crippen molar-refractivity contribution in [3.8, 4) is 0 Å². The van der Waals surface area contributed by atoms with E-state index in [0.717, 1.165) is 18.6 Å². The van der Waals surface area contributed by atoms with E-state index in [1.165, 1.54) is 12.1 Å². The van der Waals surface area contributed by atoms with Crippen LogP contribution in [-0.2, 0) is 10.0 Å². The van der Waals surface area contributed by atoms with E-state index in [1.807, 2.05) is 6.92 Å². The highest BCUT2D eigenvalue weighted by Crippen LogP contribution is 2.15. The Kier molecular flexibility index (Phi) is 6.05. The monoisotopic (exact) mass is 302 g/mol. The summed E-state index contributed by atoms with van der Waals surface area (Å²) in [6.45, 7) is 2.23. The maximum Gasteiger partial charge on any atom is 0.269 e. The molecule has 0 aliphatic carbocycles. The standard InChI is InChI=1S/C12H18N2O5S/c1-10(9-15)3-2-8-13-20(18,19)12-6-4-11(5-7-12)14(16)17/h4-7,10,13,15H,2-3,8-9H2,1H3. The van der Waals surface area contributed by atoms with Crippen molar-refractivity contribution in [1.82, 2.24) is 4.72 Å². The van der Waals surface area contributed by atoms with Crippen LogP contribution in [0.5, 0.6) is 0 Å². The smallest absolute Gasteiger partial charge is 0.269 e. The number of nitro benzene ring substituents is 1. The van der Waals surface area contributed by atoms with Gasteiger partial charge < -0.3 is 5.11 Å². The summed E-state index contributed by atoms with van der Waals surface area (Å²) in [6, 6.07) is 4.72. The predicted octanol–water partition coefficient (Wildman–Crippen LogP) is 1.28. The number of nitrogens with zero attached hydrogens (tertiary/aromatic N) is 1. The first kappa shape index (κ1) is 16.5. The lowest BCUT2D eigenvalue weighted by molar-refractivity contribution is -0.384. The molecule has 0 aliphatic rings. The van der Waals surface area contributed by atoms with E-state index in [9.17, 15) is 18.5 Å². The number of sulfonamides is 1. The summed E-state index contributed by atoms with van der Waals surface area (Å²) in [7, 11) is -3.64. The largest absolute Gasteiger partial charge is 0.396 e. The second kappa shape index (κ2) is 7.32. The molecule has 112 valence electrons. The molecule has 0 saturated carbocycles. The highest BCUT2D eigenvalue weighted by Gasteiger charge is 2.15. The Balaban J connectivity index is 2.58. The lowest BCUT2D eigenvalue weighted by Crippen LogP contribution is -2.25. The predicted molar refractivity (Wildman–Crippen MR) is 73.8 cm³/mol. The molecule has 1 aromatic rings. The van der Waals surface area contributed by atoms with Crippen LogP contribution in [0.4, 0.5) is 5.69 Å². The van der Waals surface area contributed by atoms with Gasteiger partial charge in [-0.25, -0.2) is 13.1 Å². The molecule has 0 aliphatic heterocycles. The Bertz CT molecular complexity index is 541. The second-order valence-electron chi connectivity index (χ2n) is 4.58. The van der Waals surface area contributed by atoms with Crippen molar-refractivity contribution >= 4 is 15.7 Å². The molecule has 1 rings (SSSR count). The maximum atomic E-state index is 11.9. The van der Waals surface area contributed by atoms with E-state index in [4.69, 9.17) is 5.11 Å². The quantitative estimate of drug-likeness (QED) is 0.427. The van der Waals surface area contributed by atoms with Gasteiger partial charge in [0.1, 0.15) is 0 Å². The van der Waals surface area contributed by atoms with Gasteiger partial charge in [0, 0.05) is 25.3 Å². The molecular formula is C12H18N2O5S. The Morgan fingerprint density at radius 1 is 1.35 bits per heavy atom. The molecule has 8 heteroatoms. The third-order valence-electron chi connectivity index (χ3n) is 2.84. The van der Waals surface area contributed by atoms with Gasteiger partial charge in [-0.05, 0) is 30.9 Å². The molecule has 0 heterocycles. The molecule has 0 fully saturated rings. The van der Waals surface area contributed by atoms with Crippen LogP contribution in [0, 0.1) is 16.0 Å². The van der Waals surface area contributed by atoms with Gasteiger partial charge in [0.15, 0.2) is 0 Å². The van der Waals surface area contributed by atoms with Gasteiger partial charge in [-0.2, -0.15) is 0 Å². The van der Waals surface area contributed by atoms with Crippen molar-refractivity contribution in [2.75, 3.05) is 13.2 Å². The molecule has 7 nitrogen and oxygen atoms in total. The number of benzene rings is 1. The number of nitrogens with one attached hydrogen (secondary N) is 1. The van der Waals surface area contributed by atoms with Crippen LogP contribution in [0.2, 0.25) is 0 Å². The minimum absolute atomic E-state index is 0.00157. The highest BCUT2D eigenvalue weighted by atomic mass is 32.2. The Hall–Kier alpha value is -1.51. The second-order valence-corrected chi connectivity index (χ2v) is 6.35. The zero-order valence-electron chi connectivity index (χ0n) is 11.2. The first-order valence-electron chi connectivity index (χ1n) is 6.22. The highest BCUT2D eigenvalue weighted by molar-refractivity contribution is 7.89. The molecule has 0 aromatic heterocycles. The van der Waals surface area contributed by atoms with E-state index in [0.29, 0.717) is 6.42 Å². The molecule has 0 bridgehead atoms. The summed E-state index contributed by atoms with van der Waals surface area (Å²) in [6.07, 6.45) is 1.34. The summed E-state index contributed by atoms with van der Waals surface area (Å²) in [4.78, 5) is 9.90. The van der Waals surface area contributed by atoms with E-state index >= 15 is 0 Å². The van der Waals surface area contributed by atoms with Gasteiger partial charge >= 0.3 is 0 Å².